The molecule has 1 aliphatic carbocycles. The molecule has 0 spiro atoms. The van der Waals surface area contributed by atoms with E-state index >= 15 is 0 Å². The lowest BCUT2D eigenvalue weighted by Crippen LogP contribution is -2.07. The second kappa shape index (κ2) is 19.7. The Bertz CT molecular complexity index is 1590. The van der Waals surface area contributed by atoms with Gasteiger partial charge in [-0.3, -0.25) is 4.98 Å². The molecule has 0 atom stereocenters. The van der Waals surface area contributed by atoms with Gasteiger partial charge in [-0.05, 0) is 116 Å². The van der Waals surface area contributed by atoms with Gasteiger partial charge in [0.15, 0.2) is 0 Å². The zero-order valence-corrected chi connectivity index (χ0v) is 28.4. The van der Waals surface area contributed by atoms with Crippen LogP contribution < -0.4 is 18.9 Å². The van der Waals surface area contributed by atoms with E-state index in [1.165, 1.54) is 40.3 Å². The highest BCUT2D eigenvalue weighted by molar-refractivity contribution is 5.77. The molecule has 0 radical (unpaired) electrons. The maximum absolute atomic E-state index is 5.92. The number of fused-ring (bicyclic) bond motifs is 3. The molecule has 0 saturated heterocycles. The lowest BCUT2D eigenvalue weighted by atomic mass is 10.0. The van der Waals surface area contributed by atoms with Crippen LogP contribution in [0.1, 0.15) is 73.8 Å². The van der Waals surface area contributed by atoms with Crippen LogP contribution in [-0.2, 0) is 22.3 Å². The molecule has 1 aliphatic rings. The molecule has 2 aromatic heterocycles. The molecule has 8 heteroatoms. The molecule has 0 N–H and O–H groups in total. The maximum atomic E-state index is 5.92. The molecular formula is C41H48N2O6. The lowest BCUT2D eigenvalue weighted by Gasteiger charge is -2.10. The summed E-state index contributed by atoms with van der Waals surface area (Å²) in [4.78, 5) is 9.00. The van der Waals surface area contributed by atoms with Gasteiger partial charge in [0.2, 0.25) is 12.7 Å². The first-order valence-corrected chi connectivity index (χ1v) is 17.3. The van der Waals surface area contributed by atoms with Crippen LogP contribution in [0.15, 0.2) is 98.7 Å². The van der Waals surface area contributed by atoms with Gasteiger partial charge in [0.05, 0.1) is 51.3 Å². The zero-order chi connectivity index (χ0) is 33.9. The number of aromatic nitrogens is 2. The topological polar surface area (TPSA) is 81.2 Å². The standard InChI is InChI=1S/C41H48N2O6/c1-3-44-21-9-5-7-11-23-46-37-15-14-35(42-29-37)26-32-13-18-39-33(25-32)27-34-28-36(16-19-40(34)39)48-31-49-41-20-17-38(30-43-41)47-24-12-8-6-10-22-45-4-2/h3-4,13-20,25,28-30H,1-2,5-12,21-24,26-27,31H2. The first-order valence-electron chi connectivity index (χ1n) is 17.3. The smallest absolute Gasteiger partial charge is 0.232 e. The monoisotopic (exact) mass is 664 g/mol. The number of pyridine rings is 2. The minimum Gasteiger partial charge on any atom is -0.502 e. The number of nitrogens with zero attached hydrogens (tertiary/aromatic N) is 2. The lowest BCUT2D eigenvalue weighted by molar-refractivity contribution is 0.115. The summed E-state index contributed by atoms with van der Waals surface area (Å²) in [5, 5.41) is 0. The minimum atomic E-state index is 0.0712. The molecule has 0 saturated carbocycles. The van der Waals surface area contributed by atoms with Gasteiger partial charge < -0.3 is 28.4 Å². The Morgan fingerprint density at radius 2 is 1.14 bits per heavy atom. The molecule has 2 heterocycles. The van der Waals surface area contributed by atoms with Gasteiger partial charge in [0.1, 0.15) is 17.2 Å². The largest absolute Gasteiger partial charge is 0.502 e. The van der Waals surface area contributed by atoms with Crippen molar-refractivity contribution < 1.29 is 28.4 Å². The van der Waals surface area contributed by atoms with Crippen LogP contribution in [-0.4, -0.2) is 43.2 Å². The van der Waals surface area contributed by atoms with E-state index < -0.39 is 0 Å². The first kappa shape index (κ1) is 35.3. The van der Waals surface area contributed by atoms with Crippen LogP contribution in [0.5, 0.6) is 23.1 Å². The fourth-order valence-electron chi connectivity index (χ4n) is 5.77. The van der Waals surface area contributed by atoms with E-state index in [-0.39, 0.29) is 6.79 Å². The molecule has 4 aromatic rings. The summed E-state index contributed by atoms with van der Waals surface area (Å²) in [5.41, 5.74) is 7.36. The normalized spacial score (nSPS) is 11.3. The van der Waals surface area contributed by atoms with Crippen LogP contribution in [0, 0.1) is 0 Å². The Morgan fingerprint density at radius 1 is 0.551 bits per heavy atom. The summed E-state index contributed by atoms with van der Waals surface area (Å²) in [7, 11) is 0. The Kier molecular flexibility index (Phi) is 14.2. The van der Waals surface area contributed by atoms with Crippen molar-refractivity contribution in [2.75, 3.05) is 33.2 Å². The summed E-state index contributed by atoms with van der Waals surface area (Å²) >= 11 is 0. The summed E-state index contributed by atoms with van der Waals surface area (Å²) in [6, 6.07) is 20.7. The van der Waals surface area contributed by atoms with E-state index in [4.69, 9.17) is 28.4 Å². The van der Waals surface area contributed by atoms with Crippen LogP contribution >= 0.6 is 0 Å². The minimum absolute atomic E-state index is 0.0712. The van der Waals surface area contributed by atoms with Crippen LogP contribution in [0.3, 0.4) is 0 Å². The third-order valence-electron chi connectivity index (χ3n) is 8.33. The third kappa shape index (κ3) is 11.6. The SMILES string of the molecule is C=COCCCCCCOc1ccc(Cc2ccc3c(c2)Cc2cc(OCOc4ccc(OCCCCCCOC=C)cn4)ccc2-3)nc1. The summed E-state index contributed by atoms with van der Waals surface area (Å²) in [5.74, 6) is 2.81. The van der Waals surface area contributed by atoms with Crippen LogP contribution in [0.4, 0.5) is 0 Å². The molecule has 49 heavy (non-hydrogen) atoms. The van der Waals surface area contributed by atoms with Gasteiger partial charge in [0.25, 0.3) is 0 Å². The summed E-state index contributed by atoms with van der Waals surface area (Å²) in [6.45, 7) is 10.0. The van der Waals surface area contributed by atoms with Crippen molar-refractivity contribution >= 4 is 0 Å². The Morgan fingerprint density at radius 3 is 1.76 bits per heavy atom. The van der Waals surface area contributed by atoms with Crippen molar-refractivity contribution in [3.8, 4) is 34.3 Å². The van der Waals surface area contributed by atoms with Gasteiger partial charge in [0, 0.05) is 18.2 Å². The van der Waals surface area contributed by atoms with Crippen LogP contribution in [0.25, 0.3) is 11.1 Å². The zero-order valence-electron chi connectivity index (χ0n) is 28.4. The highest BCUT2D eigenvalue weighted by Crippen LogP contribution is 2.39. The average molecular weight is 665 g/mol. The van der Waals surface area contributed by atoms with Crippen molar-refractivity contribution in [1.29, 1.82) is 0 Å². The molecule has 0 amide bonds. The van der Waals surface area contributed by atoms with Crippen molar-refractivity contribution in [2.45, 2.75) is 64.2 Å². The molecular weight excluding hydrogens is 616 g/mol. The maximum Gasteiger partial charge on any atom is 0.232 e. The molecule has 2 aromatic carbocycles. The predicted molar refractivity (Wildman–Crippen MR) is 192 cm³/mol. The van der Waals surface area contributed by atoms with Crippen molar-refractivity contribution in [3.05, 3.63) is 121 Å². The molecule has 258 valence electrons. The van der Waals surface area contributed by atoms with Gasteiger partial charge in [-0.15, -0.1) is 0 Å². The quantitative estimate of drug-likeness (QED) is 0.0367. The number of hydrogen-bond donors (Lipinski definition) is 0. The number of unbranched alkanes of at least 4 members (excludes halogenated alkanes) is 6. The van der Waals surface area contributed by atoms with Gasteiger partial charge in [-0.1, -0.05) is 37.4 Å². The van der Waals surface area contributed by atoms with Gasteiger partial charge in [-0.2, -0.15) is 0 Å². The Balaban J connectivity index is 1.01. The van der Waals surface area contributed by atoms with E-state index in [2.05, 4.69) is 59.5 Å². The number of ether oxygens (including phenoxy) is 6. The van der Waals surface area contributed by atoms with E-state index in [9.17, 15) is 0 Å². The fraction of sp³-hybridized carbons (Fsp3) is 0.366. The molecule has 0 bridgehead atoms. The van der Waals surface area contributed by atoms with Crippen molar-refractivity contribution in [1.82, 2.24) is 9.97 Å². The van der Waals surface area contributed by atoms with E-state index in [0.717, 1.165) is 100 Å². The number of rotatable bonds is 24. The highest BCUT2D eigenvalue weighted by Gasteiger charge is 2.19. The first-order chi connectivity index (χ1) is 24.2. The van der Waals surface area contributed by atoms with Gasteiger partial charge in [-0.25, -0.2) is 4.98 Å². The fourth-order valence-corrected chi connectivity index (χ4v) is 5.77. The average Bonchev–Trinajstić information content (AvgIpc) is 3.49. The third-order valence-corrected chi connectivity index (χ3v) is 8.33. The second-order valence-corrected chi connectivity index (χ2v) is 12.0. The van der Waals surface area contributed by atoms with E-state index in [0.29, 0.717) is 19.1 Å². The van der Waals surface area contributed by atoms with Gasteiger partial charge >= 0.3 is 0 Å². The molecule has 0 aliphatic heterocycles. The number of benzene rings is 2. The van der Waals surface area contributed by atoms with Crippen LogP contribution in [0.2, 0.25) is 0 Å². The van der Waals surface area contributed by atoms with E-state index in [1.54, 1.807) is 12.3 Å². The van der Waals surface area contributed by atoms with Crippen molar-refractivity contribution in [2.24, 2.45) is 0 Å². The predicted octanol–water partition coefficient (Wildman–Crippen LogP) is 9.25. The second-order valence-electron chi connectivity index (χ2n) is 12.0. The Hall–Kier alpha value is -4.98. The molecule has 0 unspecified atom stereocenters. The highest BCUT2D eigenvalue weighted by atomic mass is 16.7. The Labute approximate surface area is 290 Å². The number of hydrogen-bond acceptors (Lipinski definition) is 8. The molecule has 8 nitrogen and oxygen atoms in total. The molecule has 5 rings (SSSR count). The van der Waals surface area contributed by atoms with Crippen molar-refractivity contribution in [3.63, 3.8) is 0 Å². The summed E-state index contributed by atoms with van der Waals surface area (Å²) in [6.07, 6.45) is 16.7. The summed E-state index contributed by atoms with van der Waals surface area (Å²) < 4.78 is 33.6. The van der Waals surface area contributed by atoms with E-state index in [1.807, 2.05) is 24.4 Å². The molecule has 0 fully saturated rings.